The number of ether oxygens (including phenoxy) is 2. The molecular weight excluding hydrogens is 416 g/mol. The summed E-state index contributed by atoms with van der Waals surface area (Å²) in [6.45, 7) is 1.66. The second-order valence-corrected chi connectivity index (χ2v) is 7.30. The van der Waals surface area contributed by atoms with Crippen LogP contribution in [0.25, 0.3) is 0 Å². The zero-order valence-electron chi connectivity index (χ0n) is 18.7. The lowest BCUT2D eigenvalue weighted by Gasteiger charge is -2.28. The molecule has 2 amide bonds. The molecule has 0 unspecified atom stereocenters. The molecule has 32 heavy (non-hydrogen) atoms. The summed E-state index contributed by atoms with van der Waals surface area (Å²) >= 11 is 0. The highest BCUT2D eigenvalue weighted by Gasteiger charge is 2.24. The number of carbonyl (C=O) groups excluding carboxylic acids is 2. The third-order valence-electron chi connectivity index (χ3n) is 5.02. The van der Waals surface area contributed by atoms with E-state index in [0.717, 1.165) is 5.69 Å². The lowest BCUT2D eigenvalue weighted by atomic mass is 10.1. The van der Waals surface area contributed by atoms with E-state index in [2.05, 4.69) is 0 Å². The second kappa shape index (κ2) is 12.6. The Labute approximate surface area is 187 Å². The minimum atomic E-state index is -0.552. The van der Waals surface area contributed by atoms with Crippen LogP contribution in [0.2, 0.25) is 0 Å². The van der Waals surface area contributed by atoms with E-state index >= 15 is 0 Å². The molecule has 0 saturated carbocycles. The first-order chi connectivity index (χ1) is 15.4. The van der Waals surface area contributed by atoms with Crippen LogP contribution in [-0.2, 0) is 27.9 Å². The van der Waals surface area contributed by atoms with E-state index in [4.69, 9.17) is 9.47 Å². The quantitative estimate of drug-likeness (QED) is 0.265. The third-order valence-corrected chi connectivity index (χ3v) is 5.02. The largest absolute Gasteiger partial charge is 0.385 e. The Kier molecular flexibility index (Phi) is 9.83. The number of non-ortho nitro benzene ring substituents is 1. The maximum absolute atomic E-state index is 13.2. The van der Waals surface area contributed by atoms with E-state index in [9.17, 15) is 19.7 Å². The van der Waals surface area contributed by atoms with Gasteiger partial charge in [0, 0.05) is 70.6 Å². The molecule has 2 rings (SSSR count). The predicted molar refractivity (Wildman–Crippen MR) is 118 cm³/mol. The summed E-state index contributed by atoms with van der Waals surface area (Å²) in [5.74, 6) is -0.678. The summed E-state index contributed by atoms with van der Waals surface area (Å²) in [6, 6.07) is 9.35. The van der Waals surface area contributed by atoms with Crippen LogP contribution in [0.5, 0.6) is 0 Å². The molecule has 1 aromatic heterocycles. The van der Waals surface area contributed by atoms with E-state index in [0.29, 0.717) is 32.7 Å². The van der Waals surface area contributed by atoms with E-state index < -0.39 is 10.8 Å². The summed E-state index contributed by atoms with van der Waals surface area (Å²) in [4.78, 5) is 39.9. The van der Waals surface area contributed by atoms with Crippen molar-refractivity contribution in [1.82, 2.24) is 14.4 Å². The van der Waals surface area contributed by atoms with Gasteiger partial charge >= 0.3 is 0 Å². The summed E-state index contributed by atoms with van der Waals surface area (Å²) in [7, 11) is 5.02. The zero-order chi connectivity index (χ0) is 23.5. The van der Waals surface area contributed by atoms with E-state index in [1.165, 1.54) is 29.2 Å². The van der Waals surface area contributed by atoms with Gasteiger partial charge in [-0.3, -0.25) is 19.7 Å². The van der Waals surface area contributed by atoms with Gasteiger partial charge in [-0.05, 0) is 24.6 Å². The lowest BCUT2D eigenvalue weighted by Crippen LogP contribution is -2.44. The van der Waals surface area contributed by atoms with Crippen molar-refractivity contribution < 1.29 is 24.0 Å². The Morgan fingerprint density at radius 1 is 1.06 bits per heavy atom. The number of nitrogens with zero attached hydrogens (tertiary/aromatic N) is 4. The van der Waals surface area contributed by atoms with Crippen LogP contribution in [0.3, 0.4) is 0 Å². The standard InChI is InChI=1S/C22H30N4O6/c1-23-10-5-9-20(23)16-24(12-14-32-3)21(27)17-25(11-6-13-31-2)22(28)18-7-4-8-19(15-18)26(29)30/h4-5,7-10,15H,6,11-14,16-17H2,1-3H3. The molecule has 1 aromatic carbocycles. The second-order valence-electron chi connectivity index (χ2n) is 7.30. The fraction of sp³-hybridized carbons (Fsp3) is 0.455. The van der Waals surface area contributed by atoms with Gasteiger partial charge in [-0.25, -0.2) is 0 Å². The number of benzene rings is 1. The molecule has 2 aromatic rings. The van der Waals surface area contributed by atoms with Crippen molar-refractivity contribution in [3.8, 4) is 0 Å². The van der Waals surface area contributed by atoms with Crippen LogP contribution in [0.1, 0.15) is 22.5 Å². The monoisotopic (exact) mass is 446 g/mol. The van der Waals surface area contributed by atoms with Crippen molar-refractivity contribution in [3.05, 3.63) is 64.0 Å². The number of rotatable bonds is 13. The molecule has 0 spiro atoms. The van der Waals surface area contributed by atoms with Gasteiger partial charge < -0.3 is 23.8 Å². The molecule has 174 valence electrons. The van der Waals surface area contributed by atoms with Crippen LogP contribution in [0.15, 0.2) is 42.6 Å². The van der Waals surface area contributed by atoms with Crippen molar-refractivity contribution in [3.63, 3.8) is 0 Å². The van der Waals surface area contributed by atoms with Gasteiger partial charge in [-0.2, -0.15) is 0 Å². The molecule has 0 aliphatic heterocycles. The molecule has 0 aliphatic carbocycles. The number of methoxy groups -OCH3 is 2. The molecular formula is C22H30N4O6. The van der Waals surface area contributed by atoms with Crippen molar-refractivity contribution in [1.29, 1.82) is 0 Å². The number of aromatic nitrogens is 1. The van der Waals surface area contributed by atoms with Gasteiger partial charge in [0.25, 0.3) is 11.6 Å². The lowest BCUT2D eigenvalue weighted by molar-refractivity contribution is -0.384. The molecule has 0 N–H and O–H groups in total. The van der Waals surface area contributed by atoms with Crippen LogP contribution in [0, 0.1) is 10.1 Å². The van der Waals surface area contributed by atoms with Crippen LogP contribution >= 0.6 is 0 Å². The molecule has 0 saturated heterocycles. The number of hydrogen-bond acceptors (Lipinski definition) is 6. The maximum Gasteiger partial charge on any atom is 0.270 e. The molecule has 0 aliphatic rings. The highest BCUT2D eigenvalue weighted by molar-refractivity contribution is 5.97. The summed E-state index contributed by atoms with van der Waals surface area (Å²) < 4.78 is 12.2. The van der Waals surface area contributed by atoms with Crippen LogP contribution in [0.4, 0.5) is 5.69 Å². The van der Waals surface area contributed by atoms with Crippen LogP contribution < -0.4 is 0 Å². The van der Waals surface area contributed by atoms with Crippen molar-refractivity contribution >= 4 is 17.5 Å². The summed E-state index contributed by atoms with van der Waals surface area (Å²) in [5.41, 5.74) is 0.935. The Morgan fingerprint density at radius 2 is 1.81 bits per heavy atom. The Hall–Kier alpha value is -3.24. The number of hydrogen-bond donors (Lipinski definition) is 0. The van der Waals surface area contributed by atoms with Gasteiger partial charge in [-0.15, -0.1) is 0 Å². The molecule has 0 bridgehead atoms. The molecule has 10 nitrogen and oxygen atoms in total. The van der Waals surface area contributed by atoms with Gasteiger partial charge in [0.15, 0.2) is 0 Å². The Balaban J connectivity index is 2.21. The fourth-order valence-corrected chi connectivity index (χ4v) is 3.20. The van der Waals surface area contributed by atoms with Crippen molar-refractivity contribution in [2.45, 2.75) is 13.0 Å². The third kappa shape index (κ3) is 7.17. The molecule has 1 heterocycles. The Bertz CT molecular complexity index is 913. The van der Waals surface area contributed by atoms with E-state index in [-0.39, 0.29) is 30.2 Å². The average Bonchev–Trinajstić information content (AvgIpc) is 3.19. The maximum atomic E-state index is 13.2. The normalized spacial score (nSPS) is 10.7. The minimum absolute atomic E-state index is 0.153. The Morgan fingerprint density at radius 3 is 2.44 bits per heavy atom. The zero-order valence-corrected chi connectivity index (χ0v) is 18.7. The number of aryl methyl sites for hydroxylation is 1. The fourth-order valence-electron chi connectivity index (χ4n) is 3.20. The average molecular weight is 447 g/mol. The number of nitro benzene ring substituents is 1. The molecule has 0 atom stereocenters. The summed E-state index contributed by atoms with van der Waals surface area (Å²) in [5, 5.41) is 11.1. The first-order valence-electron chi connectivity index (χ1n) is 10.3. The number of carbonyl (C=O) groups is 2. The summed E-state index contributed by atoms with van der Waals surface area (Å²) in [6.07, 6.45) is 2.43. The first kappa shape index (κ1) is 25.0. The van der Waals surface area contributed by atoms with Crippen LogP contribution in [-0.4, -0.2) is 78.2 Å². The van der Waals surface area contributed by atoms with Gasteiger partial charge in [0.1, 0.15) is 6.54 Å². The van der Waals surface area contributed by atoms with Crippen molar-refractivity contribution in [2.24, 2.45) is 7.05 Å². The first-order valence-corrected chi connectivity index (χ1v) is 10.3. The molecule has 0 fully saturated rings. The van der Waals surface area contributed by atoms with Gasteiger partial charge in [0.05, 0.1) is 18.1 Å². The van der Waals surface area contributed by atoms with Crippen molar-refractivity contribution in [2.75, 3.05) is 47.1 Å². The topological polar surface area (TPSA) is 107 Å². The van der Waals surface area contributed by atoms with Gasteiger partial charge in [0.2, 0.25) is 5.91 Å². The predicted octanol–water partition coefficient (Wildman–Crippen LogP) is 2.09. The highest BCUT2D eigenvalue weighted by atomic mass is 16.6. The van der Waals surface area contributed by atoms with E-state index in [1.54, 1.807) is 19.1 Å². The number of amides is 2. The van der Waals surface area contributed by atoms with Gasteiger partial charge in [-0.1, -0.05) is 6.07 Å². The molecule has 0 radical (unpaired) electrons. The minimum Gasteiger partial charge on any atom is -0.385 e. The number of nitro groups is 1. The molecule has 10 heteroatoms. The highest BCUT2D eigenvalue weighted by Crippen LogP contribution is 2.16. The van der Waals surface area contributed by atoms with E-state index in [1.807, 2.05) is 29.9 Å². The SMILES string of the molecule is COCCCN(CC(=O)N(CCOC)Cc1cccn1C)C(=O)c1cccc([N+](=O)[O-])c1. The smallest absolute Gasteiger partial charge is 0.270 e.